The van der Waals surface area contributed by atoms with E-state index >= 15 is 0 Å². The van der Waals surface area contributed by atoms with Crippen LogP contribution in [0.2, 0.25) is 62.6 Å². The molecule has 0 atom stereocenters. The van der Waals surface area contributed by atoms with Crippen molar-refractivity contribution in [3.8, 4) is 0 Å². The maximum atomic E-state index is 10.2. The molecule has 0 aliphatic carbocycles. The zero-order valence-corrected chi connectivity index (χ0v) is 20.0. The second kappa shape index (κ2) is 8.37. The molecule has 0 aliphatic rings. The molecule has 0 aromatic carbocycles. The Bertz CT molecular complexity index is 312. The fraction of sp³-hybridized carbons (Fsp3) is 1.00. The average molecular weight is 384 g/mol. The van der Waals surface area contributed by atoms with Gasteiger partial charge >= 0.3 is 15.2 Å². The van der Waals surface area contributed by atoms with Crippen molar-refractivity contribution in [1.29, 1.82) is 0 Å². The lowest BCUT2D eigenvalue weighted by molar-refractivity contribution is 0.350. The standard InChI is InChI=1S/C15H40O3PSi3/c1-9-12-22(13-10-2,19(16,17)18)14-11-15(20(3,4)5)21(6,7)8/h15-18H,9-14H2,1-8H3/q+1. The van der Waals surface area contributed by atoms with Gasteiger partial charge in [0.1, 0.15) is 0 Å². The Morgan fingerprint density at radius 1 is 0.727 bits per heavy atom. The van der Waals surface area contributed by atoms with Gasteiger partial charge in [-0.25, -0.2) is 14.7 Å². The van der Waals surface area contributed by atoms with E-state index in [0.29, 0.717) is 0 Å². The minimum absolute atomic E-state index is 0.770. The summed E-state index contributed by atoms with van der Waals surface area (Å²) in [5.41, 5.74) is 0. The summed E-state index contributed by atoms with van der Waals surface area (Å²) in [5.74, 6) is 0. The largest absolute Gasteiger partial charge is 0.346 e. The van der Waals surface area contributed by atoms with Crippen LogP contribution in [0.15, 0.2) is 0 Å². The van der Waals surface area contributed by atoms with E-state index in [2.05, 4.69) is 53.1 Å². The van der Waals surface area contributed by atoms with Crippen LogP contribution in [0.4, 0.5) is 0 Å². The topological polar surface area (TPSA) is 60.7 Å². The van der Waals surface area contributed by atoms with Gasteiger partial charge in [0.05, 0.1) is 0 Å². The number of hydrogen-bond donors (Lipinski definition) is 3. The second-order valence-electron chi connectivity index (χ2n) is 9.12. The van der Waals surface area contributed by atoms with Crippen LogP contribution in [0, 0.1) is 0 Å². The highest BCUT2D eigenvalue weighted by Gasteiger charge is 2.60. The summed E-state index contributed by atoms with van der Waals surface area (Å²) in [5, 5.41) is 0.770. The Labute approximate surface area is 142 Å². The lowest BCUT2D eigenvalue weighted by atomic mass is 10.5. The molecule has 3 nitrogen and oxygen atoms in total. The van der Waals surface area contributed by atoms with Crippen molar-refractivity contribution in [1.82, 2.24) is 0 Å². The second-order valence-corrected chi connectivity index (χ2v) is 30.3. The highest BCUT2D eigenvalue weighted by atomic mass is 31.5. The third kappa shape index (κ3) is 6.46. The summed E-state index contributed by atoms with van der Waals surface area (Å²) in [4.78, 5) is 30.6. The smallest absolute Gasteiger partial charge is 0.205 e. The average Bonchev–Trinajstić information content (AvgIpc) is 2.24. The Kier molecular flexibility index (Phi) is 8.73. The van der Waals surface area contributed by atoms with E-state index in [0.717, 1.165) is 42.6 Å². The van der Waals surface area contributed by atoms with Crippen molar-refractivity contribution >= 4 is 31.4 Å². The molecule has 0 bridgehead atoms. The molecule has 0 rings (SSSR count). The van der Waals surface area contributed by atoms with Crippen LogP contribution in [-0.2, 0) is 0 Å². The molecule has 134 valence electrons. The minimum atomic E-state index is -3.68. The van der Waals surface area contributed by atoms with Gasteiger partial charge in [-0.3, -0.25) is 0 Å². The predicted octanol–water partition coefficient (Wildman–Crippen LogP) is 5.47. The van der Waals surface area contributed by atoms with Crippen LogP contribution in [0.25, 0.3) is 0 Å². The lowest BCUT2D eigenvalue weighted by Crippen LogP contribution is -2.46. The zero-order chi connectivity index (χ0) is 17.8. The molecule has 0 aromatic rings. The summed E-state index contributed by atoms with van der Waals surface area (Å²) in [6.07, 6.45) is 2.99. The molecule has 0 unspecified atom stereocenters. The molecule has 22 heavy (non-hydrogen) atoms. The molecule has 0 amide bonds. The summed E-state index contributed by atoms with van der Waals surface area (Å²) >= 11 is 0. The van der Waals surface area contributed by atoms with E-state index in [4.69, 9.17) is 0 Å². The molecule has 3 N–H and O–H groups in total. The van der Waals surface area contributed by atoms with Gasteiger partial charge in [-0.15, -0.1) is 0 Å². The van der Waals surface area contributed by atoms with Gasteiger partial charge < -0.3 is 0 Å². The van der Waals surface area contributed by atoms with Gasteiger partial charge in [0.15, 0.2) is 0 Å². The van der Waals surface area contributed by atoms with Crippen molar-refractivity contribution in [3.63, 3.8) is 0 Å². The van der Waals surface area contributed by atoms with Gasteiger partial charge in [0.2, 0.25) is 0 Å². The van der Waals surface area contributed by atoms with E-state index < -0.39 is 31.4 Å². The lowest BCUT2D eigenvalue weighted by Gasteiger charge is -2.40. The predicted molar refractivity (Wildman–Crippen MR) is 109 cm³/mol. The Hall–Kier alpha value is 0.961. The third-order valence-electron chi connectivity index (χ3n) is 5.06. The summed E-state index contributed by atoms with van der Waals surface area (Å²) in [6.45, 7) is 18.9. The first-order valence-electron chi connectivity index (χ1n) is 8.78. The van der Waals surface area contributed by atoms with E-state index in [1.54, 1.807) is 0 Å². The molecular formula is C15H40O3PSi3+. The van der Waals surface area contributed by atoms with Crippen LogP contribution in [-0.4, -0.2) is 38.6 Å². The van der Waals surface area contributed by atoms with Gasteiger partial charge in [-0.05, 0) is 18.1 Å². The fourth-order valence-corrected chi connectivity index (χ4v) is 26.1. The number of rotatable bonds is 10. The Morgan fingerprint density at radius 2 is 1.09 bits per heavy atom. The van der Waals surface area contributed by atoms with Gasteiger partial charge in [-0.2, -0.15) is 0 Å². The molecule has 0 heterocycles. The SMILES string of the molecule is CCC[Si](CCC)(CCC([Si](C)(C)C)[Si](C)(C)C)[P+](O)(O)O. The third-order valence-corrected chi connectivity index (χ3v) is 26.2. The van der Waals surface area contributed by atoms with E-state index in [1.165, 1.54) is 0 Å². The van der Waals surface area contributed by atoms with Crippen LogP contribution in [0.1, 0.15) is 33.1 Å². The molecule has 0 fully saturated rings. The first-order valence-corrected chi connectivity index (χ1v) is 21.0. The molecule has 0 aromatic heterocycles. The zero-order valence-electron chi connectivity index (χ0n) is 16.1. The van der Waals surface area contributed by atoms with Crippen molar-refractivity contribution in [2.75, 3.05) is 0 Å². The quantitative estimate of drug-likeness (QED) is 0.346. The molecule has 0 aliphatic heterocycles. The monoisotopic (exact) mass is 383 g/mol. The van der Waals surface area contributed by atoms with Gasteiger partial charge in [0.25, 0.3) is 0 Å². The minimum Gasteiger partial charge on any atom is -0.205 e. The van der Waals surface area contributed by atoms with Crippen LogP contribution in [0.5, 0.6) is 0 Å². The van der Waals surface area contributed by atoms with Crippen molar-refractivity contribution in [2.24, 2.45) is 0 Å². The van der Waals surface area contributed by atoms with E-state index in [9.17, 15) is 14.7 Å². The van der Waals surface area contributed by atoms with Gasteiger partial charge in [-0.1, -0.05) is 77.6 Å². The first-order chi connectivity index (χ1) is 9.71. The number of hydrogen-bond acceptors (Lipinski definition) is 3. The summed E-state index contributed by atoms with van der Waals surface area (Å²) < 4.78 is 0. The maximum Gasteiger partial charge on any atom is 0.346 e. The first kappa shape index (κ1) is 23.0. The van der Waals surface area contributed by atoms with E-state index in [-0.39, 0.29) is 0 Å². The highest BCUT2D eigenvalue weighted by molar-refractivity contribution is 7.96. The van der Waals surface area contributed by atoms with Crippen LogP contribution in [0.3, 0.4) is 0 Å². The molecule has 7 heteroatoms. The molecular weight excluding hydrogens is 343 g/mol. The van der Waals surface area contributed by atoms with Crippen molar-refractivity contribution in [3.05, 3.63) is 0 Å². The van der Waals surface area contributed by atoms with E-state index in [1.807, 2.05) is 0 Å². The molecule has 0 spiro atoms. The molecule has 0 saturated carbocycles. The molecule has 0 radical (unpaired) electrons. The fourth-order valence-electron chi connectivity index (χ4n) is 4.33. The summed E-state index contributed by atoms with van der Waals surface area (Å²) in [6, 6.07) is 2.59. The summed E-state index contributed by atoms with van der Waals surface area (Å²) in [7, 11) is -8.63. The Balaban J connectivity index is 5.39. The van der Waals surface area contributed by atoms with Crippen molar-refractivity contribution in [2.45, 2.75) is 95.7 Å². The van der Waals surface area contributed by atoms with Crippen LogP contribution >= 0.6 is 7.49 Å². The normalized spacial score (nSPS) is 14.7. The highest BCUT2D eigenvalue weighted by Crippen LogP contribution is 2.62. The Morgan fingerprint density at radius 3 is 1.32 bits per heavy atom. The van der Waals surface area contributed by atoms with Crippen molar-refractivity contribution < 1.29 is 14.7 Å². The maximum absolute atomic E-state index is 10.2. The van der Waals surface area contributed by atoms with Gasteiger partial charge in [0, 0.05) is 16.1 Å². The van der Waals surface area contributed by atoms with Crippen LogP contribution < -0.4 is 0 Å². The molecule has 0 saturated heterocycles.